The third-order valence-corrected chi connectivity index (χ3v) is 3.11. The monoisotopic (exact) mass is 278 g/mol. The zero-order chi connectivity index (χ0) is 15.1. The largest absolute Gasteiger partial charge is 0.469 e. The van der Waals surface area contributed by atoms with E-state index in [4.69, 9.17) is 0 Å². The van der Waals surface area contributed by atoms with Crippen LogP contribution in [-0.4, -0.2) is 51.1 Å². The molecule has 0 aromatic heterocycles. The number of anilines is 1. The van der Waals surface area contributed by atoms with Gasteiger partial charge in [-0.25, -0.2) is 0 Å². The normalized spacial score (nSPS) is 10.0. The van der Waals surface area contributed by atoms with Gasteiger partial charge in [-0.2, -0.15) is 0 Å². The van der Waals surface area contributed by atoms with Gasteiger partial charge in [-0.1, -0.05) is 0 Å². The highest BCUT2D eigenvalue weighted by molar-refractivity contribution is 5.94. The summed E-state index contributed by atoms with van der Waals surface area (Å²) in [6, 6.07) is 7.42. The maximum atomic E-state index is 12.3. The second-order valence-electron chi connectivity index (χ2n) is 4.65. The van der Waals surface area contributed by atoms with Crippen LogP contribution in [0.15, 0.2) is 24.3 Å². The molecule has 0 bridgehead atoms. The second-order valence-corrected chi connectivity index (χ2v) is 4.65. The van der Waals surface area contributed by atoms with Crippen LogP contribution in [0.3, 0.4) is 0 Å². The molecule has 0 aliphatic heterocycles. The predicted molar refractivity (Wildman–Crippen MR) is 79.0 cm³/mol. The van der Waals surface area contributed by atoms with Crippen LogP contribution in [0.2, 0.25) is 0 Å². The van der Waals surface area contributed by atoms with E-state index < -0.39 is 0 Å². The van der Waals surface area contributed by atoms with Crippen molar-refractivity contribution in [2.24, 2.45) is 0 Å². The van der Waals surface area contributed by atoms with E-state index >= 15 is 0 Å². The number of carbonyl (C=O) groups excluding carboxylic acids is 2. The molecule has 0 fully saturated rings. The Kier molecular flexibility index (Phi) is 6.03. The molecule has 0 aliphatic rings. The first-order chi connectivity index (χ1) is 9.49. The molecule has 0 radical (unpaired) electrons. The van der Waals surface area contributed by atoms with Gasteiger partial charge in [-0.15, -0.1) is 0 Å². The molecule has 0 aliphatic carbocycles. The highest BCUT2D eigenvalue weighted by Gasteiger charge is 2.15. The van der Waals surface area contributed by atoms with Gasteiger partial charge in [0.05, 0.1) is 13.5 Å². The van der Waals surface area contributed by atoms with E-state index in [0.717, 1.165) is 5.69 Å². The van der Waals surface area contributed by atoms with E-state index in [1.165, 1.54) is 7.11 Å². The minimum atomic E-state index is -0.306. The average Bonchev–Trinajstić information content (AvgIpc) is 2.47. The molecule has 1 aromatic rings. The first-order valence-electron chi connectivity index (χ1n) is 6.63. The predicted octanol–water partition coefficient (Wildman–Crippen LogP) is 1.78. The SMILES string of the molecule is CCN(CCC(=O)OC)C(=O)c1ccc(N(C)C)cc1. The van der Waals surface area contributed by atoms with E-state index in [0.29, 0.717) is 18.7 Å². The number of hydrogen-bond acceptors (Lipinski definition) is 4. The van der Waals surface area contributed by atoms with Gasteiger partial charge in [-0.3, -0.25) is 9.59 Å². The van der Waals surface area contributed by atoms with Gasteiger partial charge >= 0.3 is 5.97 Å². The average molecular weight is 278 g/mol. The molecule has 0 heterocycles. The summed E-state index contributed by atoms with van der Waals surface area (Å²) in [5, 5.41) is 0. The number of amides is 1. The number of hydrogen-bond donors (Lipinski definition) is 0. The fraction of sp³-hybridized carbons (Fsp3) is 0.467. The third-order valence-electron chi connectivity index (χ3n) is 3.11. The number of carbonyl (C=O) groups is 2. The van der Waals surface area contributed by atoms with Crippen molar-refractivity contribution in [1.82, 2.24) is 4.90 Å². The van der Waals surface area contributed by atoms with Gasteiger partial charge in [0.2, 0.25) is 0 Å². The first kappa shape index (κ1) is 16.0. The number of rotatable bonds is 6. The van der Waals surface area contributed by atoms with Crippen molar-refractivity contribution in [3.8, 4) is 0 Å². The van der Waals surface area contributed by atoms with Crippen molar-refractivity contribution in [1.29, 1.82) is 0 Å². The van der Waals surface area contributed by atoms with Gasteiger partial charge in [0.25, 0.3) is 5.91 Å². The molecule has 1 rings (SSSR count). The molecule has 1 amide bonds. The van der Waals surface area contributed by atoms with E-state index in [1.807, 2.05) is 38.1 Å². The fourth-order valence-corrected chi connectivity index (χ4v) is 1.82. The smallest absolute Gasteiger partial charge is 0.307 e. The molecule has 0 saturated carbocycles. The highest BCUT2D eigenvalue weighted by Crippen LogP contribution is 2.14. The Hall–Kier alpha value is -2.04. The van der Waals surface area contributed by atoms with Crippen LogP contribution in [0.4, 0.5) is 5.69 Å². The summed E-state index contributed by atoms with van der Waals surface area (Å²) in [7, 11) is 5.25. The Morgan fingerprint density at radius 2 is 1.75 bits per heavy atom. The zero-order valence-corrected chi connectivity index (χ0v) is 12.5. The number of methoxy groups -OCH3 is 1. The van der Waals surface area contributed by atoms with Crippen LogP contribution >= 0.6 is 0 Å². The van der Waals surface area contributed by atoms with Gasteiger partial charge in [0.1, 0.15) is 0 Å². The molecule has 0 spiro atoms. The molecule has 0 N–H and O–H groups in total. The van der Waals surface area contributed by atoms with Gasteiger partial charge in [0, 0.05) is 38.4 Å². The molecule has 0 unspecified atom stereocenters. The number of esters is 1. The summed E-state index contributed by atoms with van der Waals surface area (Å²) in [5.74, 6) is -0.374. The first-order valence-corrected chi connectivity index (χ1v) is 6.63. The van der Waals surface area contributed by atoms with Crippen molar-refractivity contribution >= 4 is 17.6 Å². The van der Waals surface area contributed by atoms with E-state index in [9.17, 15) is 9.59 Å². The Labute approximate surface area is 120 Å². The number of benzene rings is 1. The Balaban J connectivity index is 2.72. The van der Waals surface area contributed by atoms with Gasteiger partial charge in [-0.05, 0) is 31.2 Å². The van der Waals surface area contributed by atoms with E-state index in [2.05, 4.69) is 4.74 Å². The quantitative estimate of drug-likeness (QED) is 0.744. The van der Waals surface area contributed by atoms with Gasteiger partial charge in [0.15, 0.2) is 0 Å². The minimum absolute atomic E-state index is 0.0679. The maximum absolute atomic E-state index is 12.3. The lowest BCUT2D eigenvalue weighted by atomic mass is 10.1. The van der Waals surface area contributed by atoms with Crippen LogP contribution in [0, 0.1) is 0 Å². The van der Waals surface area contributed by atoms with Crippen molar-refractivity contribution in [3.63, 3.8) is 0 Å². The van der Waals surface area contributed by atoms with Crippen molar-refractivity contribution in [2.75, 3.05) is 39.2 Å². The fourth-order valence-electron chi connectivity index (χ4n) is 1.82. The lowest BCUT2D eigenvalue weighted by Crippen LogP contribution is -2.33. The number of nitrogens with zero attached hydrogens (tertiary/aromatic N) is 2. The Bertz CT molecular complexity index is 455. The van der Waals surface area contributed by atoms with Crippen LogP contribution < -0.4 is 4.90 Å². The molecule has 5 heteroatoms. The highest BCUT2D eigenvalue weighted by atomic mass is 16.5. The molecular weight excluding hydrogens is 256 g/mol. The topological polar surface area (TPSA) is 49.9 Å². The summed E-state index contributed by atoms with van der Waals surface area (Å²) in [6.07, 6.45) is 0.214. The number of ether oxygens (including phenoxy) is 1. The Morgan fingerprint density at radius 3 is 2.20 bits per heavy atom. The van der Waals surface area contributed by atoms with Crippen molar-refractivity contribution in [2.45, 2.75) is 13.3 Å². The van der Waals surface area contributed by atoms with Crippen LogP contribution in [0.1, 0.15) is 23.7 Å². The Morgan fingerprint density at radius 1 is 1.15 bits per heavy atom. The van der Waals surface area contributed by atoms with Crippen molar-refractivity contribution < 1.29 is 14.3 Å². The van der Waals surface area contributed by atoms with E-state index in [-0.39, 0.29) is 18.3 Å². The molecule has 110 valence electrons. The molecule has 1 aromatic carbocycles. The standard InChI is InChI=1S/C15H22N2O3/c1-5-17(11-10-14(18)20-4)15(19)12-6-8-13(9-7-12)16(2)3/h6-9H,5,10-11H2,1-4H3. The molecule has 0 atom stereocenters. The summed E-state index contributed by atoms with van der Waals surface area (Å²) >= 11 is 0. The second kappa shape index (κ2) is 7.53. The van der Waals surface area contributed by atoms with Crippen LogP contribution in [0.5, 0.6) is 0 Å². The van der Waals surface area contributed by atoms with Gasteiger partial charge < -0.3 is 14.5 Å². The maximum Gasteiger partial charge on any atom is 0.307 e. The third kappa shape index (κ3) is 4.26. The molecule has 5 nitrogen and oxygen atoms in total. The molecule has 0 saturated heterocycles. The molecule has 20 heavy (non-hydrogen) atoms. The zero-order valence-electron chi connectivity index (χ0n) is 12.5. The lowest BCUT2D eigenvalue weighted by molar-refractivity contribution is -0.140. The van der Waals surface area contributed by atoms with Crippen LogP contribution in [0.25, 0.3) is 0 Å². The minimum Gasteiger partial charge on any atom is -0.469 e. The van der Waals surface area contributed by atoms with E-state index in [1.54, 1.807) is 17.0 Å². The summed E-state index contributed by atoms with van der Waals surface area (Å²) < 4.78 is 4.59. The summed E-state index contributed by atoms with van der Waals surface area (Å²) in [6.45, 7) is 2.83. The van der Waals surface area contributed by atoms with Crippen molar-refractivity contribution in [3.05, 3.63) is 29.8 Å². The summed E-state index contributed by atoms with van der Waals surface area (Å²) in [5.41, 5.74) is 1.67. The lowest BCUT2D eigenvalue weighted by Gasteiger charge is -2.21. The van der Waals surface area contributed by atoms with Crippen LogP contribution in [-0.2, 0) is 9.53 Å². The summed E-state index contributed by atoms with van der Waals surface area (Å²) in [4.78, 5) is 27.1. The molecular formula is C15H22N2O3.